The first kappa shape index (κ1) is 19.7. The number of nitro benzene ring substituents is 1. The molecule has 2 aromatic carbocycles. The van der Waals surface area contributed by atoms with Crippen LogP contribution in [0.4, 0.5) is 11.6 Å². The minimum Gasteiger partial charge on any atom is -0.501 e. The molecular weight excluding hydrogens is 444 g/mol. The molecule has 144 valence electrons. The fraction of sp³-hybridized carbons (Fsp3) is 0. The predicted molar refractivity (Wildman–Crippen MR) is 109 cm³/mol. The van der Waals surface area contributed by atoms with E-state index >= 15 is 0 Å². The van der Waals surface area contributed by atoms with Gasteiger partial charge >= 0.3 is 5.69 Å². The van der Waals surface area contributed by atoms with Gasteiger partial charge in [0.05, 0.1) is 21.3 Å². The van der Waals surface area contributed by atoms with Crippen molar-refractivity contribution in [1.29, 1.82) is 5.26 Å². The van der Waals surface area contributed by atoms with Crippen LogP contribution in [0.3, 0.4) is 0 Å². The molecule has 3 rings (SSSR count). The Kier molecular flexibility index (Phi) is 5.66. The number of aromatic nitrogens is 2. The van der Waals surface area contributed by atoms with Gasteiger partial charge in [-0.3, -0.25) is 19.9 Å². The Morgan fingerprint density at radius 2 is 2.07 bits per heavy atom. The summed E-state index contributed by atoms with van der Waals surface area (Å²) in [6, 6.07) is 13.1. The van der Waals surface area contributed by atoms with Crippen molar-refractivity contribution in [3.63, 3.8) is 0 Å². The van der Waals surface area contributed by atoms with Crippen molar-refractivity contribution >= 4 is 33.8 Å². The molecule has 3 N–H and O–H groups in total. The van der Waals surface area contributed by atoms with E-state index in [0.717, 1.165) is 6.07 Å². The number of anilines is 1. The highest BCUT2D eigenvalue weighted by molar-refractivity contribution is 9.10. The SMILES string of the molecule is N#Cc1c(-c2ccccc2)nc(NN=Cc2cc(Br)c(O)c([N+](=O)[O-])c2)[nH]c1=O. The highest BCUT2D eigenvalue weighted by atomic mass is 79.9. The molecular formula is C18H11BrN6O4. The molecule has 0 fully saturated rings. The molecule has 29 heavy (non-hydrogen) atoms. The summed E-state index contributed by atoms with van der Waals surface area (Å²) in [5.41, 5.74) is 2.35. The average Bonchev–Trinajstić information content (AvgIpc) is 2.70. The number of benzene rings is 2. The van der Waals surface area contributed by atoms with E-state index in [0.29, 0.717) is 11.1 Å². The van der Waals surface area contributed by atoms with Gasteiger partial charge in [-0.1, -0.05) is 30.3 Å². The van der Waals surface area contributed by atoms with E-state index in [1.165, 1.54) is 12.3 Å². The van der Waals surface area contributed by atoms with Crippen LogP contribution in [0, 0.1) is 21.4 Å². The number of nitro groups is 1. The zero-order valence-electron chi connectivity index (χ0n) is 14.5. The second-order valence-electron chi connectivity index (χ2n) is 5.61. The Labute approximate surface area is 171 Å². The number of hydrogen-bond acceptors (Lipinski definition) is 8. The zero-order chi connectivity index (χ0) is 21.0. The van der Waals surface area contributed by atoms with Crippen molar-refractivity contribution in [2.45, 2.75) is 0 Å². The lowest BCUT2D eigenvalue weighted by Gasteiger charge is -2.06. The van der Waals surface area contributed by atoms with Gasteiger partial charge in [-0.05, 0) is 22.0 Å². The standard InChI is InChI=1S/C18H11BrN6O4/c19-13-6-10(7-14(16(13)26)25(28)29)9-21-24-18-22-15(11-4-2-1-3-5-11)12(8-20)17(27)23-18/h1-7,9,26H,(H2,22,23,24,27). The van der Waals surface area contributed by atoms with E-state index in [-0.39, 0.29) is 21.7 Å². The first-order chi connectivity index (χ1) is 13.9. The van der Waals surface area contributed by atoms with E-state index in [9.17, 15) is 25.3 Å². The molecule has 1 aromatic heterocycles. The number of phenols is 1. The Morgan fingerprint density at radius 1 is 1.34 bits per heavy atom. The lowest BCUT2D eigenvalue weighted by molar-refractivity contribution is -0.386. The van der Waals surface area contributed by atoms with Gasteiger partial charge in [-0.15, -0.1) is 0 Å². The largest absolute Gasteiger partial charge is 0.501 e. The first-order valence-electron chi connectivity index (χ1n) is 7.96. The van der Waals surface area contributed by atoms with E-state index in [1.807, 2.05) is 6.07 Å². The number of rotatable bonds is 5. The Hall–Kier alpha value is -4.04. The summed E-state index contributed by atoms with van der Waals surface area (Å²) >= 11 is 3.04. The van der Waals surface area contributed by atoms with Crippen molar-refractivity contribution in [3.8, 4) is 23.1 Å². The molecule has 0 aliphatic carbocycles. The van der Waals surface area contributed by atoms with Crippen LogP contribution in [0.25, 0.3) is 11.3 Å². The number of nitrogens with one attached hydrogen (secondary N) is 2. The summed E-state index contributed by atoms with van der Waals surface area (Å²) < 4.78 is 0.129. The maximum absolute atomic E-state index is 12.2. The second-order valence-corrected chi connectivity index (χ2v) is 6.47. The number of H-pyrrole nitrogens is 1. The summed E-state index contributed by atoms with van der Waals surface area (Å²) in [5, 5.41) is 33.8. The topological polar surface area (TPSA) is 157 Å². The van der Waals surface area contributed by atoms with Crippen LogP contribution in [-0.2, 0) is 0 Å². The van der Waals surface area contributed by atoms with Crippen LogP contribution in [-0.4, -0.2) is 26.2 Å². The number of hydrazone groups is 1. The fourth-order valence-corrected chi connectivity index (χ4v) is 2.89. The highest BCUT2D eigenvalue weighted by Gasteiger charge is 2.17. The molecule has 0 atom stereocenters. The van der Waals surface area contributed by atoms with Gasteiger partial charge in [-0.25, -0.2) is 10.4 Å². The molecule has 0 unspecified atom stereocenters. The third-order valence-electron chi connectivity index (χ3n) is 3.72. The number of halogens is 1. The van der Waals surface area contributed by atoms with Gasteiger partial charge < -0.3 is 5.11 Å². The van der Waals surface area contributed by atoms with E-state index in [1.54, 1.807) is 30.3 Å². The van der Waals surface area contributed by atoms with Crippen molar-refractivity contribution < 1.29 is 10.0 Å². The Morgan fingerprint density at radius 3 is 2.72 bits per heavy atom. The summed E-state index contributed by atoms with van der Waals surface area (Å²) in [4.78, 5) is 29.1. The minimum atomic E-state index is -0.726. The summed E-state index contributed by atoms with van der Waals surface area (Å²) in [7, 11) is 0. The third-order valence-corrected chi connectivity index (χ3v) is 4.33. The lowest BCUT2D eigenvalue weighted by Crippen LogP contribution is -2.16. The van der Waals surface area contributed by atoms with Gasteiger partial charge in [0.2, 0.25) is 11.7 Å². The zero-order valence-corrected chi connectivity index (χ0v) is 16.0. The van der Waals surface area contributed by atoms with E-state index < -0.39 is 21.9 Å². The average molecular weight is 455 g/mol. The van der Waals surface area contributed by atoms with Crippen LogP contribution in [0.2, 0.25) is 0 Å². The summed E-state index contributed by atoms with van der Waals surface area (Å²) in [6.45, 7) is 0. The van der Waals surface area contributed by atoms with Crippen LogP contribution < -0.4 is 11.0 Å². The quantitative estimate of drug-likeness (QED) is 0.303. The highest BCUT2D eigenvalue weighted by Crippen LogP contribution is 2.34. The van der Waals surface area contributed by atoms with Crippen molar-refractivity contribution in [2.75, 3.05) is 5.43 Å². The second kappa shape index (κ2) is 8.32. The lowest BCUT2D eigenvalue weighted by atomic mass is 10.1. The van der Waals surface area contributed by atoms with Crippen LogP contribution in [0.15, 0.2) is 56.8 Å². The maximum Gasteiger partial charge on any atom is 0.312 e. The molecule has 1 heterocycles. The molecule has 0 saturated carbocycles. The van der Waals surface area contributed by atoms with Crippen LogP contribution in [0.1, 0.15) is 11.1 Å². The summed E-state index contributed by atoms with van der Waals surface area (Å²) in [5.74, 6) is -0.512. The predicted octanol–water partition coefficient (Wildman–Crippen LogP) is 3.13. The molecule has 0 aliphatic rings. The normalized spacial score (nSPS) is 10.6. The fourth-order valence-electron chi connectivity index (χ4n) is 2.42. The molecule has 0 aliphatic heterocycles. The first-order valence-corrected chi connectivity index (χ1v) is 8.76. The number of aromatic hydroxyl groups is 1. The molecule has 0 radical (unpaired) electrons. The van der Waals surface area contributed by atoms with Gasteiger partial charge in [0.1, 0.15) is 11.6 Å². The van der Waals surface area contributed by atoms with Crippen molar-refractivity contribution in [2.24, 2.45) is 5.10 Å². The number of nitrogens with zero attached hydrogens (tertiary/aromatic N) is 4. The van der Waals surface area contributed by atoms with Crippen LogP contribution >= 0.6 is 15.9 Å². The Bertz CT molecular complexity index is 1220. The Balaban J connectivity index is 1.92. The smallest absolute Gasteiger partial charge is 0.312 e. The molecule has 0 saturated heterocycles. The monoisotopic (exact) mass is 454 g/mol. The van der Waals surface area contributed by atoms with Crippen molar-refractivity contribution in [1.82, 2.24) is 9.97 Å². The number of phenolic OH excluding ortho intramolecular Hbond substituents is 1. The molecule has 0 spiro atoms. The van der Waals surface area contributed by atoms with Gasteiger partial charge in [0.25, 0.3) is 5.56 Å². The van der Waals surface area contributed by atoms with E-state index in [4.69, 9.17) is 0 Å². The molecule has 0 bridgehead atoms. The van der Waals surface area contributed by atoms with Gasteiger partial charge in [0, 0.05) is 17.2 Å². The number of aromatic amines is 1. The third kappa shape index (κ3) is 4.28. The van der Waals surface area contributed by atoms with Crippen molar-refractivity contribution in [3.05, 3.63) is 78.5 Å². The molecule has 0 amide bonds. The van der Waals surface area contributed by atoms with Gasteiger partial charge in [-0.2, -0.15) is 10.4 Å². The molecule has 3 aromatic rings. The number of hydrogen-bond donors (Lipinski definition) is 3. The molecule has 10 nitrogen and oxygen atoms in total. The molecule has 11 heteroatoms. The van der Waals surface area contributed by atoms with Crippen LogP contribution in [0.5, 0.6) is 5.75 Å². The van der Waals surface area contributed by atoms with E-state index in [2.05, 4.69) is 36.4 Å². The minimum absolute atomic E-state index is 0.0172. The summed E-state index contributed by atoms with van der Waals surface area (Å²) in [6.07, 6.45) is 1.25. The van der Waals surface area contributed by atoms with Gasteiger partial charge in [0.15, 0.2) is 0 Å². The maximum atomic E-state index is 12.2. The number of nitriles is 1.